The fraction of sp³-hybridized carbons (Fsp3) is 0.692. The summed E-state index contributed by atoms with van der Waals surface area (Å²) in [6.07, 6.45) is 7.25. The Morgan fingerprint density at radius 3 is 2.72 bits per heavy atom. The summed E-state index contributed by atoms with van der Waals surface area (Å²) in [6, 6.07) is 2.12. The quantitative estimate of drug-likeness (QED) is 0.805. The molecule has 5 heteroatoms. The Balaban J connectivity index is 1.71. The van der Waals surface area contributed by atoms with Crippen molar-refractivity contribution in [3.8, 4) is 0 Å². The summed E-state index contributed by atoms with van der Waals surface area (Å²) in [6.45, 7) is 2.08. The second-order valence-corrected chi connectivity index (χ2v) is 4.93. The van der Waals surface area contributed by atoms with Crippen LogP contribution < -0.4 is 10.6 Å². The van der Waals surface area contributed by atoms with E-state index in [2.05, 4.69) is 15.8 Å². The molecule has 1 aliphatic carbocycles. The molecule has 0 saturated heterocycles. The smallest absolute Gasteiger partial charge is 0.239 e. The molecular formula is C13H21N3O2. The number of rotatable bonds is 4. The Morgan fingerprint density at radius 2 is 2.11 bits per heavy atom. The van der Waals surface area contributed by atoms with Crippen LogP contribution in [-0.4, -0.2) is 23.7 Å². The highest BCUT2D eigenvalue weighted by Gasteiger charge is 2.14. The molecule has 2 N–H and O–H groups in total. The maximum absolute atomic E-state index is 11.8. The number of aryl methyl sites for hydroxylation is 1. The first-order valence-electron chi connectivity index (χ1n) is 6.70. The maximum atomic E-state index is 11.8. The van der Waals surface area contributed by atoms with E-state index in [1.807, 2.05) is 6.92 Å². The lowest BCUT2D eigenvalue weighted by atomic mass is 10.1. The first-order chi connectivity index (χ1) is 8.74. The number of hydrogen-bond acceptors (Lipinski definition) is 4. The Labute approximate surface area is 107 Å². The fourth-order valence-corrected chi connectivity index (χ4v) is 2.32. The van der Waals surface area contributed by atoms with E-state index in [4.69, 9.17) is 4.52 Å². The summed E-state index contributed by atoms with van der Waals surface area (Å²) in [5.74, 6) is 1.38. The van der Waals surface area contributed by atoms with Crippen molar-refractivity contribution in [2.45, 2.75) is 51.5 Å². The second kappa shape index (κ2) is 6.42. The molecule has 2 rings (SSSR count). The van der Waals surface area contributed by atoms with E-state index in [-0.39, 0.29) is 12.5 Å². The van der Waals surface area contributed by atoms with E-state index in [1.165, 1.54) is 25.7 Å². The third-order valence-electron chi connectivity index (χ3n) is 3.28. The minimum Gasteiger partial charge on any atom is -0.360 e. The minimum atomic E-state index is 0.0301. The van der Waals surface area contributed by atoms with Crippen molar-refractivity contribution < 1.29 is 9.32 Å². The molecule has 1 aliphatic rings. The van der Waals surface area contributed by atoms with Crippen molar-refractivity contribution in [1.82, 2.24) is 10.5 Å². The maximum Gasteiger partial charge on any atom is 0.239 e. The van der Waals surface area contributed by atoms with E-state index < -0.39 is 0 Å². The number of anilines is 1. The average Bonchev–Trinajstić information content (AvgIpc) is 2.60. The van der Waals surface area contributed by atoms with Gasteiger partial charge in [0.25, 0.3) is 0 Å². The standard InChI is InChI=1S/C13H21N3O2/c1-10-8-12(16-18-10)14-9-13(17)15-11-6-4-2-3-5-7-11/h8,11H,2-7,9H2,1H3,(H,14,16)(H,15,17). The molecule has 0 bridgehead atoms. The zero-order valence-corrected chi connectivity index (χ0v) is 10.9. The minimum absolute atomic E-state index is 0.0301. The second-order valence-electron chi connectivity index (χ2n) is 4.93. The highest BCUT2D eigenvalue weighted by molar-refractivity contribution is 5.80. The van der Waals surface area contributed by atoms with Crippen LogP contribution >= 0.6 is 0 Å². The van der Waals surface area contributed by atoms with Gasteiger partial charge in [0.2, 0.25) is 5.91 Å². The van der Waals surface area contributed by atoms with Crippen LogP contribution in [0, 0.1) is 6.92 Å². The third kappa shape index (κ3) is 4.05. The molecule has 0 radical (unpaired) electrons. The van der Waals surface area contributed by atoms with Crippen molar-refractivity contribution in [2.24, 2.45) is 0 Å². The van der Waals surface area contributed by atoms with Crippen molar-refractivity contribution in [3.05, 3.63) is 11.8 Å². The van der Waals surface area contributed by atoms with E-state index >= 15 is 0 Å². The highest BCUT2D eigenvalue weighted by atomic mass is 16.5. The molecule has 0 spiro atoms. The molecule has 1 saturated carbocycles. The molecule has 0 aliphatic heterocycles. The van der Waals surface area contributed by atoms with E-state index in [0.717, 1.165) is 18.6 Å². The lowest BCUT2D eigenvalue weighted by molar-refractivity contribution is -0.120. The number of aromatic nitrogens is 1. The van der Waals surface area contributed by atoms with Crippen molar-refractivity contribution >= 4 is 11.7 Å². The van der Waals surface area contributed by atoms with Gasteiger partial charge < -0.3 is 15.2 Å². The van der Waals surface area contributed by atoms with Crippen LogP contribution in [0.1, 0.15) is 44.3 Å². The Kier molecular flexibility index (Phi) is 4.61. The number of hydrogen-bond donors (Lipinski definition) is 2. The fourth-order valence-electron chi connectivity index (χ4n) is 2.32. The normalized spacial score (nSPS) is 17.2. The summed E-state index contributed by atoms with van der Waals surface area (Å²) in [5, 5.41) is 9.81. The molecule has 18 heavy (non-hydrogen) atoms. The lowest BCUT2D eigenvalue weighted by Gasteiger charge is -2.16. The third-order valence-corrected chi connectivity index (χ3v) is 3.28. The van der Waals surface area contributed by atoms with Gasteiger partial charge >= 0.3 is 0 Å². The number of carbonyl (C=O) groups is 1. The zero-order chi connectivity index (χ0) is 12.8. The van der Waals surface area contributed by atoms with Crippen molar-refractivity contribution in [1.29, 1.82) is 0 Å². The predicted molar refractivity (Wildman–Crippen MR) is 69.4 cm³/mol. The molecule has 1 fully saturated rings. The van der Waals surface area contributed by atoms with E-state index in [0.29, 0.717) is 11.9 Å². The van der Waals surface area contributed by atoms with E-state index in [9.17, 15) is 4.79 Å². The molecule has 1 amide bonds. The van der Waals surface area contributed by atoms with Crippen molar-refractivity contribution in [3.63, 3.8) is 0 Å². The van der Waals surface area contributed by atoms with Gasteiger partial charge in [0, 0.05) is 12.1 Å². The molecule has 1 aromatic heterocycles. The molecule has 1 aromatic rings. The molecule has 1 heterocycles. The van der Waals surface area contributed by atoms with Gasteiger partial charge in [-0.05, 0) is 19.8 Å². The van der Waals surface area contributed by atoms with Gasteiger partial charge in [-0.15, -0.1) is 0 Å². The monoisotopic (exact) mass is 251 g/mol. The molecule has 0 atom stereocenters. The SMILES string of the molecule is Cc1cc(NCC(=O)NC2CCCCCC2)no1. The topological polar surface area (TPSA) is 67.2 Å². The van der Waals surface area contributed by atoms with Crippen LogP contribution in [0.3, 0.4) is 0 Å². The zero-order valence-electron chi connectivity index (χ0n) is 10.9. The van der Waals surface area contributed by atoms with Crippen LogP contribution in [0.15, 0.2) is 10.6 Å². The van der Waals surface area contributed by atoms with Gasteiger partial charge in [0.05, 0.1) is 6.54 Å². The number of nitrogens with one attached hydrogen (secondary N) is 2. The molecular weight excluding hydrogens is 230 g/mol. The first kappa shape index (κ1) is 12.9. The van der Waals surface area contributed by atoms with Crippen LogP contribution in [0.5, 0.6) is 0 Å². The van der Waals surface area contributed by atoms with E-state index in [1.54, 1.807) is 6.07 Å². The number of amides is 1. The number of nitrogens with zero attached hydrogens (tertiary/aromatic N) is 1. The largest absolute Gasteiger partial charge is 0.360 e. The molecule has 0 aromatic carbocycles. The first-order valence-corrected chi connectivity index (χ1v) is 6.70. The van der Waals surface area contributed by atoms with Gasteiger partial charge in [0.15, 0.2) is 5.82 Å². The Bertz CT molecular complexity index is 381. The van der Waals surface area contributed by atoms with Gasteiger partial charge in [-0.25, -0.2) is 0 Å². The van der Waals surface area contributed by atoms with Gasteiger partial charge in [0.1, 0.15) is 5.76 Å². The number of carbonyl (C=O) groups excluding carboxylic acids is 1. The summed E-state index contributed by atoms with van der Waals surface area (Å²) >= 11 is 0. The lowest BCUT2D eigenvalue weighted by Crippen LogP contribution is -2.38. The van der Waals surface area contributed by atoms with Crippen LogP contribution in [0.4, 0.5) is 5.82 Å². The summed E-state index contributed by atoms with van der Waals surface area (Å²) in [7, 11) is 0. The molecule has 100 valence electrons. The summed E-state index contributed by atoms with van der Waals surface area (Å²) in [5.41, 5.74) is 0. The van der Waals surface area contributed by atoms with Gasteiger partial charge in [-0.1, -0.05) is 30.8 Å². The van der Waals surface area contributed by atoms with Crippen LogP contribution in [0.25, 0.3) is 0 Å². The van der Waals surface area contributed by atoms with Gasteiger partial charge in [-0.2, -0.15) is 0 Å². The average molecular weight is 251 g/mol. The molecule has 5 nitrogen and oxygen atoms in total. The summed E-state index contributed by atoms with van der Waals surface area (Å²) < 4.78 is 4.92. The Morgan fingerprint density at radius 1 is 1.39 bits per heavy atom. The van der Waals surface area contributed by atoms with Crippen molar-refractivity contribution in [2.75, 3.05) is 11.9 Å². The predicted octanol–water partition coefficient (Wildman–Crippen LogP) is 2.23. The Hall–Kier alpha value is -1.52. The summed E-state index contributed by atoms with van der Waals surface area (Å²) in [4.78, 5) is 11.8. The highest BCUT2D eigenvalue weighted by Crippen LogP contribution is 2.17. The van der Waals surface area contributed by atoms with Gasteiger partial charge in [-0.3, -0.25) is 4.79 Å². The molecule has 0 unspecified atom stereocenters. The van der Waals surface area contributed by atoms with Crippen LogP contribution in [-0.2, 0) is 4.79 Å². The van der Waals surface area contributed by atoms with Crippen LogP contribution in [0.2, 0.25) is 0 Å².